The third-order valence-corrected chi connectivity index (χ3v) is 3.96. The number of nitrogens with one attached hydrogen (secondary N) is 2. The maximum absolute atomic E-state index is 11.9. The van der Waals surface area contributed by atoms with Gasteiger partial charge in [0.25, 0.3) is 5.56 Å². The Morgan fingerprint density at radius 2 is 2.00 bits per heavy atom. The molecule has 1 aromatic carbocycles. The number of H-pyrrole nitrogens is 2. The fourth-order valence-electron chi connectivity index (χ4n) is 1.32. The molecule has 0 amide bonds. The first-order valence-corrected chi connectivity index (χ1v) is 7.01. The number of aromatic amines is 2. The number of Topliss-reactive ketones (excluding diaryl/α,β-unsaturated/α-hetero) is 1. The van der Waals surface area contributed by atoms with Crippen LogP contribution in [0.25, 0.3) is 0 Å². The SMILES string of the molecule is O=C(CSc1n[nH]c(=O)[nH]c1=O)c1ccc(Cl)c(Cl)c1. The van der Waals surface area contributed by atoms with Gasteiger partial charge in [-0.3, -0.25) is 14.6 Å². The zero-order valence-electron chi connectivity index (χ0n) is 9.78. The average molecular weight is 332 g/mol. The zero-order chi connectivity index (χ0) is 14.7. The van der Waals surface area contributed by atoms with Gasteiger partial charge in [0.2, 0.25) is 0 Å². The second-order valence-corrected chi connectivity index (χ2v) is 5.43. The number of benzene rings is 1. The van der Waals surface area contributed by atoms with Crippen LogP contribution in [0.2, 0.25) is 10.0 Å². The number of hydrogen-bond donors (Lipinski definition) is 2. The number of carbonyl (C=O) groups excluding carboxylic acids is 1. The van der Waals surface area contributed by atoms with Gasteiger partial charge >= 0.3 is 5.69 Å². The molecule has 9 heteroatoms. The third kappa shape index (κ3) is 3.50. The van der Waals surface area contributed by atoms with Crippen molar-refractivity contribution in [3.63, 3.8) is 0 Å². The molecule has 0 bridgehead atoms. The molecule has 0 atom stereocenters. The molecule has 20 heavy (non-hydrogen) atoms. The lowest BCUT2D eigenvalue weighted by Crippen LogP contribution is -2.25. The molecule has 0 radical (unpaired) electrons. The van der Waals surface area contributed by atoms with Crippen molar-refractivity contribution in [3.05, 3.63) is 54.6 Å². The highest BCUT2D eigenvalue weighted by Crippen LogP contribution is 2.23. The van der Waals surface area contributed by atoms with Crippen LogP contribution in [-0.2, 0) is 0 Å². The van der Waals surface area contributed by atoms with E-state index in [1.54, 1.807) is 6.07 Å². The Bertz CT molecular complexity index is 772. The molecular weight excluding hydrogens is 325 g/mol. The van der Waals surface area contributed by atoms with Gasteiger partial charge in [-0.15, -0.1) is 0 Å². The average Bonchev–Trinajstić information content (AvgIpc) is 2.40. The maximum Gasteiger partial charge on any atom is 0.342 e. The molecule has 104 valence electrons. The Balaban J connectivity index is 2.10. The highest BCUT2D eigenvalue weighted by Gasteiger charge is 2.11. The predicted molar refractivity (Wildman–Crippen MR) is 77.0 cm³/mol. The number of thioether (sulfide) groups is 1. The number of nitrogens with zero attached hydrogens (tertiary/aromatic N) is 1. The highest BCUT2D eigenvalue weighted by atomic mass is 35.5. The summed E-state index contributed by atoms with van der Waals surface area (Å²) in [4.78, 5) is 36.1. The Hall–Kier alpha value is -1.57. The lowest BCUT2D eigenvalue weighted by molar-refractivity contribution is 0.102. The van der Waals surface area contributed by atoms with E-state index < -0.39 is 11.2 Å². The Labute approximate surface area is 126 Å². The summed E-state index contributed by atoms with van der Waals surface area (Å²) in [5.74, 6) is -0.249. The van der Waals surface area contributed by atoms with Crippen molar-refractivity contribution in [2.45, 2.75) is 5.03 Å². The van der Waals surface area contributed by atoms with Crippen LogP contribution >= 0.6 is 35.0 Å². The van der Waals surface area contributed by atoms with Gasteiger partial charge in [-0.25, -0.2) is 9.89 Å². The lowest BCUT2D eigenvalue weighted by atomic mass is 10.1. The van der Waals surface area contributed by atoms with Gasteiger partial charge in [0, 0.05) is 5.56 Å². The summed E-state index contributed by atoms with van der Waals surface area (Å²) in [6, 6.07) is 4.52. The van der Waals surface area contributed by atoms with Gasteiger partial charge in [0.1, 0.15) is 0 Å². The minimum absolute atomic E-state index is 0.0120. The summed E-state index contributed by atoms with van der Waals surface area (Å²) in [6.45, 7) is 0. The van der Waals surface area contributed by atoms with Crippen molar-refractivity contribution in [1.29, 1.82) is 0 Å². The van der Waals surface area contributed by atoms with E-state index in [0.29, 0.717) is 10.6 Å². The number of rotatable bonds is 4. The second kappa shape index (κ2) is 6.25. The van der Waals surface area contributed by atoms with E-state index in [4.69, 9.17) is 23.2 Å². The van der Waals surface area contributed by atoms with Crippen LogP contribution in [0.3, 0.4) is 0 Å². The number of halogens is 2. The molecule has 0 aliphatic carbocycles. The van der Waals surface area contributed by atoms with E-state index in [1.807, 2.05) is 4.98 Å². The van der Waals surface area contributed by atoms with Gasteiger partial charge in [0.05, 0.1) is 15.8 Å². The van der Waals surface area contributed by atoms with Crippen LogP contribution in [0.1, 0.15) is 10.4 Å². The minimum atomic E-state index is -0.699. The molecule has 2 N–H and O–H groups in total. The van der Waals surface area contributed by atoms with Gasteiger partial charge in [0.15, 0.2) is 10.8 Å². The summed E-state index contributed by atoms with van der Waals surface area (Å²) < 4.78 is 0. The molecule has 0 saturated carbocycles. The zero-order valence-corrected chi connectivity index (χ0v) is 12.1. The molecule has 0 aliphatic heterocycles. The minimum Gasteiger partial charge on any atom is -0.293 e. The molecule has 2 rings (SSSR count). The standard InChI is InChI=1S/C11H7Cl2N3O3S/c12-6-2-1-5(3-7(6)13)8(17)4-20-10-9(18)14-11(19)16-15-10/h1-3H,4H2,(H2,14,16,18,19). The van der Waals surface area contributed by atoms with Crippen LogP contribution in [0.4, 0.5) is 0 Å². The number of hydrogen-bond acceptors (Lipinski definition) is 5. The molecule has 1 aromatic heterocycles. The van der Waals surface area contributed by atoms with Crippen LogP contribution in [0.5, 0.6) is 0 Å². The molecular formula is C11H7Cl2N3O3S. The first kappa shape index (κ1) is 14.8. The van der Waals surface area contributed by atoms with Crippen molar-refractivity contribution < 1.29 is 4.79 Å². The maximum atomic E-state index is 11.9. The van der Waals surface area contributed by atoms with E-state index in [0.717, 1.165) is 11.8 Å². The predicted octanol–water partition coefficient (Wildman–Crippen LogP) is 1.74. The largest absolute Gasteiger partial charge is 0.342 e. The molecule has 0 spiro atoms. The van der Waals surface area contributed by atoms with E-state index >= 15 is 0 Å². The lowest BCUT2D eigenvalue weighted by Gasteiger charge is -2.02. The summed E-state index contributed by atoms with van der Waals surface area (Å²) >= 11 is 12.5. The first-order chi connectivity index (χ1) is 9.47. The summed E-state index contributed by atoms with van der Waals surface area (Å²) in [5, 5.41) is 6.29. The quantitative estimate of drug-likeness (QED) is 0.657. The van der Waals surface area contributed by atoms with E-state index in [1.165, 1.54) is 12.1 Å². The van der Waals surface area contributed by atoms with Crippen molar-refractivity contribution in [2.24, 2.45) is 0 Å². The molecule has 0 aliphatic rings. The van der Waals surface area contributed by atoms with Crippen molar-refractivity contribution in [1.82, 2.24) is 15.2 Å². The first-order valence-electron chi connectivity index (χ1n) is 5.27. The van der Waals surface area contributed by atoms with Crippen molar-refractivity contribution >= 4 is 40.7 Å². The van der Waals surface area contributed by atoms with E-state index in [-0.39, 0.29) is 21.6 Å². The van der Waals surface area contributed by atoms with Crippen LogP contribution in [0.15, 0.2) is 32.8 Å². The number of carbonyl (C=O) groups is 1. The number of ketones is 1. The van der Waals surface area contributed by atoms with Gasteiger partial charge in [-0.2, -0.15) is 5.10 Å². The van der Waals surface area contributed by atoms with E-state index in [9.17, 15) is 14.4 Å². The molecule has 0 unspecified atom stereocenters. The highest BCUT2D eigenvalue weighted by molar-refractivity contribution is 7.99. The van der Waals surface area contributed by atoms with E-state index in [2.05, 4.69) is 10.2 Å². The van der Waals surface area contributed by atoms with Gasteiger partial charge < -0.3 is 0 Å². The second-order valence-electron chi connectivity index (χ2n) is 3.65. The fraction of sp³-hybridized carbons (Fsp3) is 0.0909. The number of aromatic nitrogens is 3. The van der Waals surface area contributed by atoms with Crippen LogP contribution in [-0.4, -0.2) is 26.7 Å². The normalized spacial score (nSPS) is 10.5. The summed E-state index contributed by atoms with van der Waals surface area (Å²) in [5.41, 5.74) is -0.955. The van der Waals surface area contributed by atoms with Crippen molar-refractivity contribution in [3.8, 4) is 0 Å². The topological polar surface area (TPSA) is 95.7 Å². The monoisotopic (exact) mass is 331 g/mol. The fourth-order valence-corrected chi connectivity index (χ4v) is 2.35. The molecule has 0 saturated heterocycles. The van der Waals surface area contributed by atoms with Crippen LogP contribution < -0.4 is 11.2 Å². The van der Waals surface area contributed by atoms with Gasteiger partial charge in [-0.05, 0) is 18.2 Å². The Morgan fingerprint density at radius 1 is 1.25 bits per heavy atom. The molecule has 6 nitrogen and oxygen atoms in total. The van der Waals surface area contributed by atoms with Crippen LogP contribution in [0, 0.1) is 0 Å². The third-order valence-electron chi connectivity index (χ3n) is 2.26. The smallest absolute Gasteiger partial charge is 0.293 e. The Kier molecular flexibility index (Phi) is 4.64. The van der Waals surface area contributed by atoms with Gasteiger partial charge in [-0.1, -0.05) is 35.0 Å². The summed E-state index contributed by atoms with van der Waals surface area (Å²) in [6.07, 6.45) is 0. The Morgan fingerprint density at radius 3 is 2.65 bits per heavy atom. The molecule has 0 fully saturated rings. The summed E-state index contributed by atoms with van der Waals surface area (Å²) in [7, 11) is 0. The van der Waals surface area contributed by atoms with Crippen molar-refractivity contribution in [2.75, 3.05) is 5.75 Å². The molecule has 1 heterocycles. The molecule has 2 aromatic rings.